The second-order valence-corrected chi connectivity index (χ2v) is 2.51. The molecule has 0 fully saturated rings. The van der Waals surface area contributed by atoms with E-state index in [0.717, 1.165) is 0 Å². The fraction of sp³-hybridized carbons (Fsp3) is 0. The van der Waals surface area contributed by atoms with Crippen molar-refractivity contribution < 1.29 is 32.4 Å². The molecule has 0 spiro atoms. The van der Waals surface area contributed by atoms with E-state index in [2.05, 4.69) is 0 Å². The molecule has 0 aromatic heterocycles. The molecule has 0 aliphatic carbocycles. The van der Waals surface area contributed by atoms with Crippen LogP contribution in [0, 0.1) is 0 Å². The molecule has 15 heavy (non-hydrogen) atoms. The lowest BCUT2D eigenvalue weighted by Crippen LogP contribution is -2.07. The van der Waals surface area contributed by atoms with Gasteiger partial charge in [-0.25, -0.2) is 14.4 Å². The maximum Gasteiger partial charge on any atom is 0.335 e. The zero-order valence-electron chi connectivity index (χ0n) is 9.14. The van der Waals surface area contributed by atoms with Crippen LogP contribution in [0.1, 0.15) is 33.8 Å². The van der Waals surface area contributed by atoms with E-state index >= 15 is 0 Å². The quantitative estimate of drug-likeness (QED) is 0.682. The van der Waals surface area contributed by atoms with Gasteiger partial charge in [-0.3, -0.25) is 0 Å². The number of carbonyl (C=O) groups is 3. The van der Waals surface area contributed by atoms with Crippen LogP contribution in [0.5, 0.6) is 0 Å². The highest BCUT2D eigenvalue weighted by molar-refractivity contribution is 5.98. The van der Waals surface area contributed by atoms with Crippen LogP contribution in [0.2, 0.25) is 0 Å². The summed E-state index contributed by atoms with van der Waals surface area (Å²) in [6.45, 7) is 0. The minimum absolute atomic E-state index is 0.599. The first-order valence-corrected chi connectivity index (χ1v) is 3.61. The number of hydrogen-bond acceptors (Lipinski definition) is 3. The maximum atomic E-state index is 10.8. The van der Waals surface area contributed by atoms with Crippen LogP contribution in [-0.2, 0) is 0 Å². The van der Waals surface area contributed by atoms with Gasteiger partial charge in [0, 0.05) is 0 Å². The molecule has 0 saturated heterocycles. The van der Waals surface area contributed by atoms with Crippen LogP contribution < -0.4 is 0 Å². The SMILES string of the molecule is [2H]c1c(C(=O)O)cc(C(=O)O)c([2H])c1C(=O)O. The maximum absolute atomic E-state index is 10.8. The average molecular weight is 212 g/mol. The Morgan fingerprint density at radius 1 is 0.867 bits per heavy atom. The summed E-state index contributed by atoms with van der Waals surface area (Å²) in [5.41, 5.74) is -2.48. The van der Waals surface area contributed by atoms with Crippen LogP contribution in [-0.4, -0.2) is 33.2 Å². The summed E-state index contributed by atoms with van der Waals surface area (Å²) in [7, 11) is 0. The lowest BCUT2D eigenvalue weighted by molar-refractivity contribution is 0.0696. The van der Waals surface area contributed by atoms with Crippen LogP contribution in [0.15, 0.2) is 18.2 Å². The minimum Gasteiger partial charge on any atom is -0.478 e. The van der Waals surface area contributed by atoms with Crippen molar-refractivity contribution in [3.8, 4) is 0 Å². The Balaban J connectivity index is 3.76. The van der Waals surface area contributed by atoms with Gasteiger partial charge in [0.15, 0.2) is 0 Å². The van der Waals surface area contributed by atoms with Crippen LogP contribution in [0.4, 0.5) is 0 Å². The number of hydrogen-bond donors (Lipinski definition) is 3. The predicted molar refractivity (Wildman–Crippen MR) is 47.3 cm³/mol. The van der Waals surface area contributed by atoms with Crippen molar-refractivity contribution in [2.75, 3.05) is 0 Å². The van der Waals surface area contributed by atoms with E-state index in [-0.39, 0.29) is 0 Å². The Hall–Kier alpha value is -2.37. The molecule has 0 radical (unpaired) electrons. The second kappa shape index (κ2) is 3.79. The van der Waals surface area contributed by atoms with E-state index in [0.29, 0.717) is 6.07 Å². The van der Waals surface area contributed by atoms with Gasteiger partial charge in [0.2, 0.25) is 0 Å². The second-order valence-electron chi connectivity index (χ2n) is 2.51. The predicted octanol–water partition coefficient (Wildman–Crippen LogP) is 0.781. The summed E-state index contributed by atoms with van der Waals surface area (Å²) < 4.78 is 14.6. The number of rotatable bonds is 3. The zero-order valence-corrected chi connectivity index (χ0v) is 7.14. The Morgan fingerprint density at radius 3 is 1.47 bits per heavy atom. The summed E-state index contributed by atoms with van der Waals surface area (Å²) in [5, 5.41) is 26.1. The lowest BCUT2D eigenvalue weighted by atomic mass is 10.1. The third-order valence-corrected chi connectivity index (χ3v) is 1.48. The number of carboxylic acids is 3. The van der Waals surface area contributed by atoms with Gasteiger partial charge in [0.25, 0.3) is 0 Å². The summed E-state index contributed by atoms with van der Waals surface area (Å²) in [6, 6.07) is -1.18. The smallest absolute Gasteiger partial charge is 0.335 e. The van der Waals surface area contributed by atoms with E-state index < -0.39 is 46.7 Å². The first-order chi connectivity index (χ1) is 7.77. The van der Waals surface area contributed by atoms with Crippen molar-refractivity contribution in [1.29, 1.82) is 0 Å². The Morgan fingerprint density at radius 2 is 1.20 bits per heavy atom. The molecule has 0 aliphatic heterocycles. The molecule has 1 aromatic rings. The van der Waals surface area contributed by atoms with Gasteiger partial charge in [0.1, 0.15) is 0 Å². The van der Waals surface area contributed by atoms with E-state index in [4.69, 9.17) is 18.1 Å². The van der Waals surface area contributed by atoms with E-state index in [1.807, 2.05) is 0 Å². The molecule has 0 saturated carbocycles. The van der Waals surface area contributed by atoms with Gasteiger partial charge < -0.3 is 15.3 Å². The standard InChI is InChI=1S/C9H6O6/c10-7(11)4-1-5(8(12)13)3-6(2-4)9(14)15/h1-3H,(H,10,11)(H,12,13)(H,14,15)/i1D,2D. The first-order valence-electron chi connectivity index (χ1n) is 4.61. The van der Waals surface area contributed by atoms with Crippen molar-refractivity contribution in [2.24, 2.45) is 0 Å². The summed E-state index contributed by atoms with van der Waals surface area (Å²) in [4.78, 5) is 32.2. The Kier molecular flexibility index (Phi) is 2.01. The average Bonchev–Trinajstić information content (AvgIpc) is 2.15. The molecule has 1 aromatic carbocycles. The molecular formula is C9H6O6. The lowest BCUT2D eigenvalue weighted by Gasteiger charge is -2.00. The van der Waals surface area contributed by atoms with Crippen molar-refractivity contribution in [3.05, 3.63) is 34.8 Å². The van der Waals surface area contributed by atoms with Gasteiger partial charge in [-0.15, -0.1) is 0 Å². The molecule has 6 heteroatoms. The molecule has 1 rings (SSSR count). The molecule has 0 aliphatic rings. The molecule has 0 atom stereocenters. The van der Waals surface area contributed by atoms with E-state index in [1.54, 1.807) is 0 Å². The van der Waals surface area contributed by atoms with Gasteiger partial charge in [0.05, 0.1) is 19.4 Å². The highest BCUT2D eigenvalue weighted by Crippen LogP contribution is 2.11. The highest BCUT2D eigenvalue weighted by atomic mass is 16.4. The summed E-state index contributed by atoms with van der Waals surface area (Å²) >= 11 is 0. The van der Waals surface area contributed by atoms with Crippen LogP contribution in [0.25, 0.3) is 0 Å². The largest absolute Gasteiger partial charge is 0.478 e. The fourth-order valence-electron chi connectivity index (χ4n) is 0.854. The van der Waals surface area contributed by atoms with E-state index in [1.165, 1.54) is 0 Å². The molecule has 0 bridgehead atoms. The van der Waals surface area contributed by atoms with Gasteiger partial charge in [-0.2, -0.15) is 0 Å². The van der Waals surface area contributed by atoms with Crippen molar-refractivity contribution >= 4 is 17.9 Å². The molecule has 0 heterocycles. The topological polar surface area (TPSA) is 112 Å². The number of carboxylic acid groups (broad SMARTS) is 3. The van der Waals surface area contributed by atoms with E-state index in [9.17, 15) is 14.4 Å². The van der Waals surface area contributed by atoms with Crippen LogP contribution >= 0.6 is 0 Å². The normalized spacial score (nSPS) is 11.5. The monoisotopic (exact) mass is 212 g/mol. The highest BCUT2D eigenvalue weighted by Gasteiger charge is 2.14. The van der Waals surface area contributed by atoms with Crippen LogP contribution in [0.3, 0.4) is 0 Å². The molecule has 3 N–H and O–H groups in total. The number of benzene rings is 1. The Labute approximate surface area is 86.2 Å². The molecular weight excluding hydrogens is 204 g/mol. The minimum atomic E-state index is -1.72. The molecule has 0 amide bonds. The van der Waals surface area contributed by atoms with Gasteiger partial charge in [-0.1, -0.05) is 0 Å². The van der Waals surface area contributed by atoms with Crippen molar-refractivity contribution in [3.63, 3.8) is 0 Å². The zero-order chi connectivity index (χ0) is 13.3. The third kappa shape index (κ3) is 2.31. The molecule has 0 unspecified atom stereocenters. The molecule has 78 valence electrons. The van der Waals surface area contributed by atoms with Gasteiger partial charge in [-0.05, 0) is 18.2 Å². The van der Waals surface area contributed by atoms with Gasteiger partial charge >= 0.3 is 17.9 Å². The summed E-state index contributed by atoms with van der Waals surface area (Å²) in [5.74, 6) is -4.97. The third-order valence-electron chi connectivity index (χ3n) is 1.48. The summed E-state index contributed by atoms with van der Waals surface area (Å²) in [6.07, 6.45) is 0. The molecule has 6 nitrogen and oxygen atoms in total. The van der Waals surface area contributed by atoms with Crippen molar-refractivity contribution in [2.45, 2.75) is 0 Å². The van der Waals surface area contributed by atoms with Crippen molar-refractivity contribution in [1.82, 2.24) is 0 Å². The number of aromatic carboxylic acids is 3. The Bertz CT molecular complexity index is 499. The fourth-order valence-corrected chi connectivity index (χ4v) is 0.854. The first kappa shape index (κ1) is 7.98.